The number of hydrogen-bond donors (Lipinski definition) is 0. The maximum atomic E-state index is 12.9. The summed E-state index contributed by atoms with van der Waals surface area (Å²) in [6, 6.07) is 10.2. The summed E-state index contributed by atoms with van der Waals surface area (Å²) >= 11 is 1.71. The van der Waals surface area contributed by atoms with E-state index in [1.807, 2.05) is 36.0 Å². The number of nitrogens with zero attached hydrogens (tertiary/aromatic N) is 3. The minimum absolute atomic E-state index is 0.0330. The van der Waals surface area contributed by atoms with Crippen LogP contribution in [0.3, 0.4) is 0 Å². The average Bonchev–Trinajstić information content (AvgIpc) is 3.02. The minimum Gasteiger partial charge on any atom is -0.338 e. The van der Waals surface area contributed by atoms with Crippen LogP contribution in [0.5, 0.6) is 0 Å². The second-order valence-corrected chi connectivity index (χ2v) is 7.18. The first-order chi connectivity index (χ1) is 11.1. The van der Waals surface area contributed by atoms with E-state index in [0.29, 0.717) is 6.54 Å². The van der Waals surface area contributed by atoms with Gasteiger partial charge in [-0.05, 0) is 31.0 Å². The maximum Gasteiger partial charge on any atom is 0.291 e. The fraction of sp³-hybridized carbons (Fsp3) is 0.222. The lowest BCUT2D eigenvalue weighted by Gasteiger charge is -2.08. The molecule has 4 rings (SSSR count). The predicted octanol–water partition coefficient (Wildman–Crippen LogP) is 3.61. The van der Waals surface area contributed by atoms with Crippen molar-refractivity contribution in [3.8, 4) is 0 Å². The van der Waals surface area contributed by atoms with Gasteiger partial charge in [0.25, 0.3) is 5.56 Å². The van der Waals surface area contributed by atoms with Crippen molar-refractivity contribution in [2.45, 2.75) is 20.4 Å². The minimum atomic E-state index is -0.0330. The first kappa shape index (κ1) is 14.2. The molecule has 0 amide bonds. The monoisotopic (exact) mass is 323 g/mol. The molecule has 4 nitrogen and oxygen atoms in total. The Morgan fingerprint density at radius 3 is 2.78 bits per heavy atom. The standard InChI is InChI=1S/C18H17N3OS/c1-11-6-4-5-7-13(11)10-21-18(22)16-14(9-19-21)17-15(20(16)3)8-12(2)23-17/h4-9H,10H2,1-3H3. The fourth-order valence-corrected chi connectivity index (χ4v) is 4.15. The summed E-state index contributed by atoms with van der Waals surface area (Å²) in [6.07, 6.45) is 1.83. The molecule has 116 valence electrons. The average molecular weight is 323 g/mol. The summed E-state index contributed by atoms with van der Waals surface area (Å²) in [7, 11) is 1.95. The summed E-state index contributed by atoms with van der Waals surface area (Å²) in [5.74, 6) is 0. The number of rotatable bonds is 2. The molecule has 0 saturated heterocycles. The molecule has 0 unspecified atom stereocenters. The van der Waals surface area contributed by atoms with Crippen molar-refractivity contribution in [1.82, 2.24) is 14.3 Å². The number of fused-ring (bicyclic) bond motifs is 3. The highest BCUT2D eigenvalue weighted by Crippen LogP contribution is 2.32. The van der Waals surface area contributed by atoms with E-state index < -0.39 is 0 Å². The van der Waals surface area contributed by atoms with Gasteiger partial charge in [0, 0.05) is 17.3 Å². The van der Waals surface area contributed by atoms with Gasteiger partial charge < -0.3 is 4.57 Å². The van der Waals surface area contributed by atoms with Crippen LogP contribution >= 0.6 is 11.3 Å². The molecule has 0 atom stereocenters. The van der Waals surface area contributed by atoms with E-state index in [1.165, 1.54) is 10.4 Å². The first-order valence-electron chi connectivity index (χ1n) is 7.55. The summed E-state index contributed by atoms with van der Waals surface area (Å²) < 4.78 is 4.70. The zero-order valence-electron chi connectivity index (χ0n) is 13.3. The van der Waals surface area contributed by atoms with Crippen LogP contribution in [0.4, 0.5) is 0 Å². The third-order valence-electron chi connectivity index (χ3n) is 4.38. The molecule has 3 heterocycles. The zero-order valence-corrected chi connectivity index (χ0v) is 14.1. The summed E-state index contributed by atoms with van der Waals surface area (Å²) in [5, 5.41) is 5.36. The number of aryl methyl sites for hydroxylation is 3. The van der Waals surface area contributed by atoms with E-state index in [1.54, 1.807) is 16.0 Å². The molecule has 23 heavy (non-hydrogen) atoms. The van der Waals surface area contributed by atoms with Gasteiger partial charge in [0.2, 0.25) is 0 Å². The Morgan fingerprint density at radius 2 is 2.00 bits per heavy atom. The van der Waals surface area contributed by atoms with E-state index in [9.17, 15) is 4.79 Å². The van der Waals surface area contributed by atoms with E-state index in [0.717, 1.165) is 26.7 Å². The van der Waals surface area contributed by atoms with E-state index in [4.69, 9.17) is 0 Å². The molecule has 0 spiro atoms. The van der Waals surface area contributed by atoms with Crippen LogP contribution in [-0.2, 0) is 13.6 Å². The molecular formula is C18H17N3OS. The Labute approximate surface area is 137 Å². The second-order valence-electron chi connectivity index (χ2n) is 5.93. The van der Waals surface area contributed by atoms with E-state index >= 15 is 0 Å². The molecule has 0 aliphatic carbocycles. The lowest BCUT2D eigenvalue weighted by atomic mass is 10.1. The molecule has 3 aromatic heterocycles. The largest absolute Gasteiger partial charge is 0.338 e. The molecule has 0 radical (unpaired) electrons. The third-order valence-corrected chi connectivity index (χ3v) is 5.45. The third kappa shape index (κ3) is 2.11. The van der Waals surface area contributed by atoms with Crippen molar-refractivity contribution in [2.24, 2.45) is 7.05 Å². The van der Waals surface area contributed by atoms with Crippen LogP contribution in [0.15, 0.2) is 41.3 Å². The van der Waals surface area contributed by atoms with Crippen molar-refractivity contribution >= 4 is 32.5 Å². The molecular weight excluding hydrogens is 306 g/mol. The molecule has 0 aliphatic heterocycles. The Balaban J connectivity index is 1.93. The molecule has 4 aromatic rings. The number of thiophene rings is 1. The van der Waals surface area contributed by atoms with Gasteiger partial charge in [-0.2, -0.15) is 5.10 Å². The molecule has 0 aliphatic rings. The quantitative estimate of drug-likeness (QED) is 0.565. The van der Waals surface area contributed by atoms with Crippen molar-refractivity contribution in [1.29, 1.82) is 0 Å². The summed E-state index contributed by atoms with van der Waals surface area (Å²) in [5.41, 5.74) is 4.09. The smallest absolute Gasteiger partial charge is 0.291 e. The Kier molecular flexibility index (Phi) is 3.13. The second kappa shape index (κ2) is 5.06. The maximum absolute atomic E-state index is 12.9. The van der Waals surface area contributed by atoms with Crippen molar-refractivity contribution in [3.63, 3.8) is 0 Å². The van der Waals surface area contributed by atoms with Gasteiger partial charge in [-0.3, -0.25) is 4.79 Å². The van der Waals surface area contributed by atoms with E-state index in [2.05, 4.69) is 31.1 Å². The Morgan fingerprint density at radius 1 is 1.22 bits per heavy atom. The van der Waals surface area contributed by atoms with Crippen LogP contribution in [0.25, 0.3) is 21.1 Å². The molecule has 0 fully saturated rings. The Hall–Kier alpha value is -2.40. The van der Waals surface area contributed by atoms with Crippen LogP contribution in [0, 0.1) is 13.8 Å². The van der Waals surface area contributed by atoms with Crippen molar-refractivity contribution in [2.75, 3.05) is 0 Å². The normalized spacial score (nSPS) is 11.6. The summed E-state index contributed by atoms with van der Waals surface area (Å²) in [6.45, 7) is 4.64. The highest BCUT2D eigenvalue weighted by atomic mass is 32.1. The van der Waals surface area contributed by atoms with Gasteiger partial charge in [0.05, 0.1) is 23.0 Å². The van der Waals surface area contributed by atoms with Gasteiger partial charge in [-0.25, -0.2) is 4.68 Å². The fourth-order valence-electron chi connectivity index (χ4n) is 3.09. The SMILES string of the molecule is Cc1cc2c(s1)c1cnn(Cc3ccccc3C)c(=O)c1n2C. The topological polar surface area (TPSA) is 39.8 Å². The highest BCUT2D eigenvalue weighted by Gasteiger charge is 2.16. The lowest BCUT2D eigenvalue weighted by molar-refractivity contribution is 0.642. The predicted molar refractivity (Wildman–Crippen MR) is 95.4 cm³/mol. The number of benzene rings is 1. The molecule has 5 heteroatoms. The van der Waals surface area contributed by atoms with Crippen molar-refractivity contribution < 1.29 is 0 Å². The Bertz CT molecular complexity index is 1100. The van der Waals surface area contributed by atoms with Gasteiger partial charge >= 0.3 is 0 Å². The molecule has 0 bridgehead atoms. The number of hydrogen-bond acceptors (Lipinski definition) is 3. The molecule has 0 saturated carbocycles. The highest BCUT2D eigenvalue weighted by molar-refractivity contribution is 7.20. The zero-order chi connectivity index (χ0) is 16.1. The van der Waals surface area contributed by atoms with Gasteiger partial charge in [0.1, 0.15) is 5.52 Å². The van der Waals surface area contributed by atoms with Crippen molar-refractivity contribution in [3.05, 3.63) is 62.9 Å². The molecule has 1 aromatic carbocycles. The van der Waals surface area contributed by atoms with Gasteiger partial charge in [-0.1, -0.05) is 24.3 Å². The van der Waals surface area contributed by atoms with Gasteiger partial charge in [0.15, 0.2) is 0 Å². The van der Waals surface area contributed by atoms with Crippen LogP contribution in [-0.4, -0.2) is 14.3 Å². The first-order valence-corrected chi connectivity index (χ1v) is 8.37. The van der Waals surface area contributed by atoms with Crippen LogP contribution in [0.2, 0.25) is 0 Å². The lowest BCUT2D eigenvalue weighted by Crippen LogP contribution is -2.24. The van der Waals surface area contributed by atoms with Crippen LogP contribution in [0.1, 0.15) is 16.0 Å². The number of aromatic nitrogens is 3. The van der Waals surface area contributed by atoms with E-state index in [-0.39, 0.29) is 5.56 Å². The van der Waals surface area contributed by atoms with Crippen LogP contribution < -0.4 is 5.56 Å². The summed E-state index contributed by atoms with van der Waals surface area (Å²) in [4.78, 5) is 14.1. The van der Waals surface area contributed by atoms with Gasteiger partial charge in [-0.15, -0.1) is 11.3 Å². The molecule has 0 N–H and O–H groups in total.